The maximum absolute atomic E-state index is 12.4. The molecule has 0 aromatic heterocycles. The molecule has 0 saturated carbocycles. The van der Waals surface area contributed by atoms with Crippen LogP contribution >= 0.6 is 0 Å². The maximum atomic E-state index is 12.4. The van der Waals surface area contributed by atoms with Crippen molar-refractivity contribution in [3.05, 3.63) is 45.5 Å². The van der Waals surface area contributed by atoms with Gasteiger partial charge >= 0.3 is 0 Å². The van der Waals surface area contributed by atoms with E-state index in [0.29, 0.717) is 81.2 Å². The zero-order valence-electron chi connectivity index (χ0n) is 34.0. The number of hydrogen-bond donors (Lipinski definition) is 6. The van der Waals surface area contributed by atoms with E-state index in [4.69, 9.17) is 4.74 Å². The van der Waals surface area contributed by atoms with Crippen LogP contribution in [0.3, 0.4) is 0 Å². The van der Waals surface area contributed by atoms with Gasteiger partial charge in [0.15, 0.2) is 23.0 Å². The molecule has 4 aromatic carbocycles. The molecular formula is C45H60N4O7. The van der Waals surface area contributed by atoms with E-state index >= 15 is 0 Å². The Kier molecular flexibility index (Phi) is 13.0. The minimum atomic E-state index is -0.372. The van der Waals surface area contributed by atoms with Crippen LogP contribution in [-0.2, 0) is 4.74 Å². The van der Waals surface area contributed by atoms with Crippen LogP contribution < -0.4 is 0 Å². The van der Waals surface area contributed by atoms with Crippen molar-refractivity contribution >= 4 is 34.0 Å². The number of aliphatic imine (C=N–C) groups is 2. The summed E-state index contributed by atoms with van der Waals surface area (Å²) in [6.45, 7) is 19.5. The SMILES string of the molecule is Cc1cc2c(C(C)C)c(O)c(O)c(C=NCCCN3CCCCC3)c2c(O)c1-c1c(C)cc2c(C(C)C)c(O)c(O)c(C=NCCCN3CCOCC3)c2c1O. The number of hydrogen-bond acceptors (Lipinski definition) is 11. The summed E-state index contributed by atoms with van der Waals surface area (Å²) in [5.41, 5.74) is 3.34. The summed E-state index contributed by atoms with van der Waals surface area (Å²) in [6.07, 6.45) is 8.38. The van der Waals surface area contributed by atoms with E-state index < -0.39 is 0 Å². The molecule has 11 heteroatoms. The molecule has 2 saturated heterocycles. The van der Waals surface area contributed by atoms with Crippen molar-refractivity contribution in [2.75, 3.05) is 65.6 Å². The summed E-state index contributed by atoms with van der Waals surface area (Å²) in [5.74, 6) is -1.97. The Morgan fingerprint density at radius 2 is 1.00 bits per heavy atom. The van der Waals surface area contributed by atoms with Crippen molar-refractivity contribution in [3.8, 4) is 45.6 Å². The first-order chi connectivity index (χ1) is 26.8. The van der Waals surface area contributed by atoms with E-state index in [9.17, 15) is 30.6 Å². The van der Waals surface area contributed by atoms with Crippen LogP contribution in [0, 0.1) is 13.8 Å². The molecule has 2 aliphatic rings. The molecule has 302 valence electrons. The maximum Gasteiger partial charge on any atom is 0.167 e. The highest BCUT2D eigenvalue weighted by Gasteiger charge is 2.29. The number of nitrogens with zero attached hydrogens (tertiary/aromatic N) is 4. The molecule has 2 aliphatic heterocycles. The van der Waals surface area contributed by atoms with Gasteiger partial charge in [0.25, 0.3) is 0 Å². The Morgan fingerprint density at radius 3 is 1.41 bits per heavy atom. The van der Waals surface area contributed by atoms with E-state index in [1.807, 2.05) is 53.7 Å². The van der Waals surface area contributed by atoms with Crippen LogP contribution in [0.2, 0.25) is 0 Å². The number of benzene rings is 4. The zero-order chi connectivity index (χ0) is 40.3. The molecule has 2 fully saturated rings. The molecule has 6 rings (SSSR count). The second kappa shape index (κ2) is 17.7. The first-order valence-electron chi connectivity index (χ1n) is 20.3. The number of rotatable bonds is 13. The number of phenolic OH excluding ortho intramolecular Hbond substituents is 6. The van der Waals surface area contributed by atoms with Gasteiger partial charge in [-0.1, -0.05) is 46.2 Å². The number of aromatic hydroxyl groups is 6. The van der Waals surface area contributed by atoms with Gasteiger partial charge in [0.05, 0.1) is 13.2 Å². The molecule has 0 atom stereocenters. The summed E-state index contributed by atoms with van der Waals surface area (Å²) in [4.78, 5) is 14.1. The smallest absolute Gasteiger partial charge is 0.167 e. The van der Waals surface area contributed by atoms with Gasteiger partial charge in [0, 0.05) is 89.3 Å². The average Bonchev–Trinajstić information content (AvgIpc) is 3.16. The van der Waals surface area contributed by atoms with Crippen molar-refractivity contribution in [2.24, 2.45) is 9.98 Å². The molecule has 0 unspecified atom stereocenters. The van der Waals surface area contributed by atoms with E-state index in [0.717, 1.165) is 52.1 Å². The number of fused-ring (bicyclic) bond motifs is 2. The highest BCUT2D eigenvalue weighted by atomic mass is 16.5. The van der Waals surface area contributed by atoms with Crippen LogP contribution in [0.1, 0.15) is 105 Å². The summed E-state index contributed by atoms with van der Waals surface area (Å²) in [6, 6.07) is 3.75. The van der Waals surface area contributed by atoms with Gasteiger partial charge < -0.3 is 40.3 Å². The third-order valence-corrected chi connectivity index (χ3v) is 11.5. The number of morpholine rings is 1. The molecule has 11 nitrogen and oxygen atoms in total. The molecule has 4 aromatic rings. The zero-order valence-corrected chi connectivity index (χ0v) is 34.0. The van der Waals surface area contributed by atoms with E-state index in [-0.39, 0.29) is 57.5 Å². The molecule has 0 amide bonds. The summed E-state index contributed by atoms with van der Waals surface area (Å²) in [5, 5.41) is 72.1. The number of aryl methyl sites for hydroxylation is 2. The van der Waals surface area contributed by atoms with Crippen LogP contribution in [0.25, 0.3) is 32.7 Å². The van der Waals surface area contributed by atoms with Crippen LogP contribution in [0.15, 0.2) is 22.1 Å². The van der Waals surface area contributed by atoms with Crippen LogP contribution in [-0.4, -0.2) is 118 Å². The van der Waals surface area contributed by atoms with Gasteiger partial charge in [0.2, 0.25) is 0 Å². The lowest BCUT2D eigenvalue weighted by Gasteiger charge is -2.26. The van der Waals surface area contributed by atoms with E-state index in [1.54, 1.807) is 0 Å². The number of likely N-dealkylation sites (tertiary alicyclic amines) is 1. The third kappa shape index (κ3) is 8.12. The topological polar surface area (TPSA) is 162 Å². The predicted octanol–water partition coefficient (Wildman–Crippen LogP) is 8.19. The summed E-state index contributed by atoms with van der Waals surface area (Å²) < 4.78 is 5.45. The summed E-state index contributed by atoms with van der Waals surface area (Å²) >= 11 is 0. The fourth-order valence-corrected chi connectivity index (χ4v) is 8.71. The van der Waals surface area contributed by atoms with Gasteiger partial charge in [-0.25, -0.2) is 0 Å². The number of phenols is 6. The average molecular weight is 769 g/mol. The van der Waals surface area contributed by atoms with Crippen LogP contribution in [0.4, 0.5) is 0 Å². The normalized spacial score (nSPS) is 16.2. The van der Waals surface area contributed by atoms with Crippen molar-refractivity contribution < 1.29 is 35.4 Å². The Balaban J connectivity index is 1.49. The Labute approximate surface area is 330 Å². The Morgan fingerprint density at radius 1 is 0.589 bits per heavy atom. The standard InChI is InChI=1S/C45H60N4O7/c1-26(2)34-30-22-28(5)36(42(52)38(30)32(40(50)44(34)54)24-46-12-10-16-48-14-8-7-9-15-48)37-29(6)23-31-35(27(3)4)45(55)41(51)33(39(31)43(37)53)25-47-13-11-17-49-18-20-56-21-19-49/h22-27,50-55H,7-21H2,1-6H3. The van der Waals surface area contributed by atoms with E-state index in [1.165, 1.54) is 31.7 Å². The highest BCUT2D eigenvalue weighted by Crippen LogP contribution is 2.54. The largest absolute Gasteiger partial charge is 0.507 e. The minimum Gasteiger partial charge on any atom is -0.507 e. The van der Waals surface area contributed by atoms with Gasteiger partial charge in [-0.05, 0) is 92.9 Å². The van der Waals surface area contributed by atoms with Crippen molar-refractivity contribution in [1.29, 1.82) is 0 Å². The van der Waals surface area contributed by atoms with Crippen molar-refractivity contribution in [2.45, 2.75) is 85.5 Å². The lowest BCUT2D eigenvalue weighted by Crippen LogP contribution is -2.37. The molecule has 56 heavy (non-hydrogen) atoms. The second-order valence-corrected chi connectivity index (χ2v) is 16.2. The summed E-state index contributed by atoms with van der Waals surface area (Å²) in [7, 11) is 0. The monoisotopic (exact) mass is 768 g/mol. The first-order valence-corrected chi connectivity index (χ1v) is 20.3. The molecule has 0 spiro atoms. The minimum absolute atomic E-state index is 0.171. The number of piperidine rings is 1. The fraction of sp³-hybridized carbons (Fsp3) is 0.511. The molecule has 0 bridgehead atoms. The second-order valence-electron chi connectivity index (χ2n) is 16.2. The van der Waals surface area contributed by atoms with Gasteiger partial charge in [0.1, 0.15) is 11.5 Å². The quantitative estimate of drug-likeness (QED) is 0.0448. The molecule has 2 heterocycles. The van der Waals surface area contributed by atoms with Crippen molar-refractivity contribution in [1.82, 2.24) is 9.80 Å². The third-order valence-electron chi connectivity index (χ3n) is 11.5. The highest BCUT2D eigenvalue weighted by molar-refractivity contribution is 6.15. The van der Waals surface area contributed by atoms with Crippen molar-refractivity contribution in [3.63, 3.8) is 0 Å². The van der Waals surface area contributed by atoms with Crippen LogP contribution in [0.5, 0.6) is 34.5 Å². The first kappa shape index (κ1) is 41.1. The Hall–Kier alpha value is -4.58. The van der Waals surface area contributed by atoms with Gasteiger partial charge in [-0.3, -0.25) is 14.9 Å². The lowest BCUT2D eigenvalue weighted by atomic mass is 9.83. The predicted molar refractivity (Wildman–Crippen MR) is 226 cm³/mol. The number of ether oxygens (including phenoxy) is 1. The molecule has 0 aliphatic carbocycles. The molecule has 0 radical (unpaired) electrons. The lowest BCUT2D eigenvalue weighted by molar-refractivity contribution is 0.0377. The van der Waals surface area contributed by atoms with E-state index in [2.05, 4.69) is 19.8 Å². The fourth-order valence-electron chi connectivity index (χ4n) is 8.71. The molecule has 6 N–H and O–H groups in total. The van der Waals surface area contributed by atoms with Gasteiger partial charge in [-0.15, -0.1) is 0 Å². The van der Waals surface area contributed by atoms with Gasteiger partial charge in [-0.2, -0.15) is 0 Å². The Bertz CT molecular complexity index is 1980. The molecular weight excluding hydrogens is 709 g/mol.